The number of methoxy groups -OCH3 is 1. The molecule has 2 aromatic rings. The molecule has 0 saturated heterocycles. The Kier molecular flexibility index (Phi) is 7.23. The van der Waals surface area contributed by atoms with Crippen molar-refractivity contribution >= 4 is 23.2 Å². The van der Waals surface area contributed by atoms with Crippen LogP contribution in [0.4, 0.5) is 11.4 Å². The molecule has 0 atom stereocenters. The topological polar surface area (TPSA) is 70.7 Å². The number of benzene rings is 2. The quantitative estimate of drug-likeness (QED) is 0.747. The average Bonchev–Trinajstić information content (AvgIpc) is 2.68. The van der Waals surface area contributed by atoms with Crippen LogP contribution in [0.5, 0.6) is 5.75 Å². The van der Waals surface area contributed by atoms with Gasteiger partial charge in [-0.3, -0.25) is 9.59 Å². The SMILES string of the molecule is CCN(CC)C(=O)c1ccc(NC(=O)CNc2cc(C)ccc2OC)cc1. The van der Waals surface area contributed by atoms with E-state index in [2.05, 4.69) is 10.6 Å². The summed E-state index contributed by atoms with van der Waals surface area (Å²) in [4.78, 5) is 26.3. The van der Waals surface area contributed by atoms with Crippen LogP contribution in [0.1, 0.15) is 29.8 Å². The van der Waals surface area contributed by atoms with Gasteiger partial charge in [0.1, 0.15) is 5.75 Å². The summed E-state index contributed by atoms with van der Waals surface area (Å²) in [6.45, 7) is 7.33. The molecular weight excluding hydrogens is 342 g/mol. The minimum atomic E-state index is -0.179. The maximum atomic E-state index is 12.3. The number of ether oxygens (including phenoxy) is 1. The van der Waals surface area contributed by atoms with Crippen molar-refractivity contribution in [2.45, 2.75) is 20.8 Å². The van der Waals surface area contributed by atoms with Crippen LogP contribution in [0.25, 0.3) is 0 Å². The zero-order valence-corrected chi connectivity index (χ0v) is 16.3. The third kappa shape index (κ3) is 5.48. The third-order valence-electron chi connectivity index (χ3n) is 4.26. The molecule has 0 saturated carbocycles. The van der Waals surface area contributed by atoms with E-state index in [1.54, 1.807) is 36.3 Å². The molecule has 6 heteroatoms. The molecule has 0 radical (unpaired) electrons. The van der Waals surface area contributed by atoms with Crippen LogP contribution in [0.3, 0.4) is 0 Å². The van der Waals surface area contributed by atoms with Crippen molar-refractivity contribution < 1.29 is 14.3 Å². The minimum Gasteiger partial charge on any atom is -0.495 e. The lowest BCUT2D eigenvalue weighted by atomic mass is 10.1. The van der Waals surface area contributed by atoms with E-state index in [-0.39, 0.29) is 18.4 Å². The molecular formula is C21H27N3O3. The maximum absolute atomic E-state index is 12.3. The highest BCUT2D eigenvalue weighted by Crippen LogP contribution is 2.24. The van der Waals surface area contributed by atoms with Gasteiger partial charge in [0.05, 0.1) is 19.3 Å². The van der Waals surface area contributed by atoms with E-state index in [1.165, 1.54) is 0 Å². The highest BCUT2D eigenvalue weighted by atomic mass is 16.5. The highest BCUT2D eigenvalue weighted by Gasteiger charge is 2.12. The molecule has 2 aromatic carbocycles. The van der Waals surface area contributed by atoms with E-state index in [0.717, 1.165) is 11.3 Å². The molecule has 0 aromatic heterocycles. The smallest absolute Gasteiger partial charge is 0.253 e. The monoisotopic (exact) mass is 369 g/mol. The molecule has 0 aliphatic carbocycles. The lowest BCUT2D eigenvalue weighted by Gasteiger charge is -2.18. The van der Waals surface area contributed by atoms with Crippen molar-refractivity contribution in [1.82, 2.24) is 4.90 Å². The number of hydrogen-bond donors (Lipinski definition) is 2. The van der Waals surface area contributed by atoms with Gasteiger partial charge >= 0.3 is 0 Å². The number of carbonyl (C=O) groups excluding carboxylic acids is 2. The van der Waals surface area contributed by atoms with Crippen molar-refractivity contribution in [3.8, 4) is 5.75 Å². The first-order valence-corrected chi connectivity index (χ1v) is 9.06. The lowest BCUT2D eigenvalue weighted by Crippen LogP contribution is -2.30. The Morgan fingerprint density at radius 2 is 1.70 bits per heavy atom. The van der Waals surface area contributed by atoms with Crippen LogP contribution < -0.4 is 15.4 Å². The second-order valence-corrected chi connectivity index (χ2v) is 6.16. The Morgan fingerprint density at radius 3 is 2.30 bits per heavy atom. The zero-order chi connectivity index (χ0) is 19.8. The van der Waals surface area contributed by atoms with Crippen LogP contribution in [0.2, 0.25) is 0 Å². The first-order chi connectivity index (χ1) is 13.0. The van der Waals surface area contributed by atoms with Crippen LogP contribution in [-0.4, -0.2) is 43.5 Å². The summed E-state index contributed by atoms with van der Waals surface area (Å²) in [7, 11) is 1.59. The maximum Gasteiger partial charge on any atom is 0.253 e. The molecule has 27 heavy (non-hydrogen) atoms. The molecule has 0 aliphatic heterocycles. The summed E-state index contributed by atoms with van der Waals surface area (Å²) in [6, 6.07) is 12.7. The molecule has 2 rings (SSSR count). The van der Waals surface area contributed by atoms with E-state index in [4.69, 9.17) is 4.74 Å². The van der Waals surface area contributed by atoms with E-state index < -0.39 is 0 Å². The molecule has 6 nitrogen and oxygen atoms in total. The summed E-state index contributed by atoms with van der Waals surface area (Å²) in [5.74, 6) is 0.500. The molecule has 0 bridgehead atoms. The van der Waals surface area contributed by atoms with Crippen LogP contribution in [0.15, 0.2) is 42.5 Å². The van der Waals surface area contributed by atoms with Crippen LogP contribution in [0, 0.1) is 6.92 Å². The first-order valence-electron chi connectivity index (χ1n) is 9.06. The molecule has 0 heterocycles. The Morgan fingerprint density at radius 1 is 1.04 bits per heavy atom. The number of rotatable bonds is 8. The highest BCUT2D eigenvalue weighted by molar-refractivity contribution is 5.96. The van der Waals surface area contributed by atoms with Crippen molar-refractivity contribution in [3.05, 3.63) is 53.6 Å². The number of amides is 2. The van der Waals surface area contributed by atoms with E-state index in [1.807, 2.05) is 39.0 Å². The molecule has 0 unspecified atom stereocenters. The van der Waals surface area contributed by atoms with E-state index in [9.17, 15) is 9.59 Å². The summed E-state index contributed by atoms with van der Waals surface area (Å²) in [5.41, 5.74) is 3.11. The van der Waals surface area contributed by atoms with Gasteiger partial charge in [-0.15, -0.1) is 0 Å². The number of carbonyl (C=O) groups is 2. The Labute approximate surface area is 160 Å². The molecule has 0 spiro atoms. The predicted molar refractivity (Wildman–Crippen MR) is 109 cm³/mol. The van der Waals surface area contributed by atoms with Gasteiger partial charge in [0.2, 0.25) is 5.91 Å². The average molecular weight is 369 g/mol. The largest absolute Gasteiger partial charge is 0.495 e. The Hall–Kier alpha value is -3.02. The fraction of sp³-hybridized carbons (Fsp3) is 0.333. The molecule has 144 valence electrons. The van der Waals surface area contributed by atoms with Crippen molar-refractivity contribution in [1.29, 1.82) is 0 Å². The van der Waals surface area contributed by atoms with Crippen LogP contribution in [-0.2, 0) is 4.79 Å². The van der Waals surface area contributed by atoms with Gasteiger partial charge < -0.3 is 20.3 Å². The predicted octanol–water partition coefficient (Wildman–Crippen LogP) is 3.54. The van der Waals surface area contributed by atoms with Gasteiger partial charge in [0, 0.05) is 24.3 Å². The standard InChI is InChI=1S/C21H27N3O3/c1-5-24(6-2)21(26)16-8-10-17(11-9-16)23-20(25)14-22-18-13-15(3)7-12-19(18)27-4/h7-13,22H,5-6,14H2,1-4H3,(H,23,25). The molecule has 2 amide bonds. The van der Waals surface area contributed by atoms with Crippen molar-refractivity contribution in [2.24, 2.45) is 0 Å². The van der Waals surface area contributed by atoms with E-state index in [0.29, 0.717) is 30.1 Å². The van der Waals surface area contributed by atoms with E-state index >= 15 is 0 Å². The van der Waals surface area contributed by atoms with Gasteiger partial charge in [-0.2, -0.15) is 0 Å². The fourth-order valence-electron chi connectivity index (χ4n) is 2.73. The lowest BCUT2D eigenvalue weighted by molar-refractivity contribution is -0.114. The summed E-state index contributed by atoms with van der Waals surface area (Å²) < 4.78 is 5.29. The van der Waals surface area contributed by atoms with Gasteiger partial charge in [0.25, 0.3) is 5.91 Å². The number of nitrogens with zero attached hydrogens (tertiary/aromatic N) is 1. The molecule has 0 fully saturated rings. The van der Waals surface area contributed by atoms with Crippen LogP contribution >= 0.6 is 0 Å². The number of anilines is 2. The molecule has 0 aliphatic rings. The Balaban J connectivity index is 1.94. The second-order valence-electron chi connectivity index (χ2n) is 6.16. The van der Waals surface area contributed by atoms with Gasteiger partial charge in [-0.25, -0.2) is 0 Å². The third-order valence-corrected chi connectivity index (χ3v) is 4.26. The second kappa shape index (κ2) is 9.62. The van der Waals surface area contributed by atoms with Gasteiger partial charge in [0.15, 0.2) is 0 Å². The van der Waals surface area contributed by atoms with Gasteiger partial charge in [-0.1, -0.05) is 6.07 Å². The minimum absolute atomic E-state index is 0.00825. The first kappa shape index (κ1) is 20.3. The number of hydrogen-bond acceptors (Lipinski definition) is 4. The van der Waals surface area contributed by atoms with Crippen molar-refractivity contribution in [3.63, 3.8) is 0 Å². The van der Waals surface area contributed by atoms with Crippen molar-refractivity contribution in [2.75, 3.05) is 37.4 Å². The summed E-state index contributed by atoms with van der Waals surface area (Å²) in [5, 5.41) is 5.91. The summed E-state index contributed by atoms with van der Waals surface area (Å²) >= 11 is 0. The Bertz CT molecular complexity index is 784. The zero-order valence-electron chi connectivity index (χ0n) is 16.3. The number of aryl methyl sites for hydroxylation is 1. The molecule has 2 N–H and O–H groups in total. The number of nitrogens with one attached hydrogen (secondary N) is 2. The normalized spacial score (nSPS) is 10.2. The summed E-state index contributed by atoms with van der Waals surface area (Å²) in [6.07, 6.45) is 0. The van der Waals surface area contributed by atoms with Gasteiger partial charge in [-0.05, 0) is 62.7 Å². The fourth-order valence-corrected chi connectivity index (χ4v) is 2.73.